The van der Waals surface area contributed by atoms with Crippen molar-refractivity contribution in [3.05, 3.63) is 65.1 Å². The molecule has 3 aromatic rings. The summed E-state index contributed by atoms with van der Waals surface area (Å²) in [5, 5.41) is 17.3. The zero-order valence-corrected chi connectivity index (χ0v) is 24.0. The monoisotopic (exact) mass is 584 g/mol. The van der Waals surface area contributed by atoms with Crippen LogP contribution in [0.4, 0.5) is 14.5 Å². The van der Waals surface area contributed by atoms with Crippen LogP contribution in [0.3, 0.4) is 0 Å². The molecule has 1 aliphatic rings. The summed E-state index contributed by atoms with van der Waals surface area (Å²) in [5.41, 5.74) is 3.01. The van der Waals surface area contributed by atoms with Gasteiger partial charge in [-0.3, -0.25) is 24.8 Å². The molecule has 4 N–H and O–H groups in total. The first-order valence-electron chi connectivity index (χ1n) is 13.5. The van der Waals surface area contributed by atoms with Crippen molar-refractivity contribution < 1.29 is 33.0 Å². The smallest absolute Gasteiger partial charge is 0.291 e. The number of nitrogens with one attached hydrogen (secondary N) is 3. The molecule has 0 saturated carbocycles. The van der Waals surface area contributed by atoms with Crippen LogP contribution in [0.25, 0.3) is 11.3 Å². The SMILES string of the molecule is CCN(NC(=O)[C@H]1C[C@](O)(CC)CN1)C(=O)c1ccc(NC(=O)c2ncc(-c3ccc(OC)c(F)c3F)n2C)cc1C. The molecule has 42 heavy (non-hydrogen) atoms. The van der Waals surface area contributed by atoms with Crippen LogP contribution in [0.15, 0.2) is 36.5 Å². The lowest BCUT2D eigenvalue weighted by Crippen LogP contribution is -2.51. The zero-order chi connectivity index (χ0) is 30.8. The van der Waals surface area contributed by atoms with E-state index in [9.17, 15) is 28.3 Å². The molecule has 3 amide bonds. The van der Waals surface area contributed by atoms with Crippen molar-refractivity contribution in [2.24, 2.45) is 7.05 Å². The molecule has 0 spiro atoms. The molecule has 4 rings (SSSR count). The zero-order valence-electron chi connectivity index (χ0n) is 24.0. The Morgan fingerprint density at radius 2 is 1.95 bits per heavy atom. The molecule has 13 heteroatoms. The number of hydrogen-bond donors (Lipinski definition) is 4. The van der Waals surface area contributed by atoms with E-state index in [1.54, 1.807) is 19.9 Å². The topological polar surface area (TPSA) is 138 Å². The van der Waals surface area contributed by atoms with Crippen molar-refractivity contribution in [3.8, 4) is 17.0 Å². The molecular weight excluding hydrogens is 550 g/mol. The van der Waals surface area contributed by atoms with Gasteiger partial charge in [0, 0.05) is 43.4 Å². The number of carbonyl (C=O) groups excluding carboxylic acids is 3. The predicted octanol–water partition coefficient (Wildman–Crippen LogP) is 2.93. The number of carbonyl (C=O) groups is 3. The van der Waals surface area contributed by atoms with E-state index in [0.29, 0.717) is 29.8 Å². The molecule has 0 bridgehead atoms. The van der Waals surface area contributed by atoms with Crippen molar-refractivity contribution in [3.63, 3.8) is 0 Å². The Hall–Kier alpha value is -4.36. The van der Waals surface area contributed by atoms with Crippen LogP contribution in [0, 0.1) is 18.6 Å². The second-order valence-corrected chi connectivity index (χ2v) is 10.2. The number of ether oxygens (including phenoxy) is 1. The van der Waals surface area contributed by atoms with Crippen molar-refractivity contribution in [2.75, 3.05) is 25.5 Å². The molecule has 1 aliphatic heterocycles. The fourth-order valence-electron chi connectivity index (χ4n) is 4.85. The molecule has 1 saturated heterocycles. The van der Waals surface area contributed by atoms with Crippen LogP contribution in [0.5, 0.6) is 5.75 Å². The van der Waals surface area contributed by atoms with Gasteiger partial charge in [-0.25, -0.2) is 9.37 Å². The van der Waals surface area contributed by atoms with Gasteiger partial charge in [0.25, 0.3) is 17.7 Å². The highest BCUT2D eigenvalue weighted by Gasteiger charge is 2.39. The number of aryl methyl sites for hydroxylation is 1. The Bertz CT molecular complexity index is 1530. The van der Waals surface area contributed by atoms with E-state index in [4.69, 9.17) is 4.74 Å². The lowest BCUT2D eigenvalue weighted by atomic mass is 9.97. The third-order valence-corrected chi connectivity index (χ3v) is 7.49. The fraction of sp³-hybridized carbons (Fsp3) is 0.379. The molecule has 0 aliphatic carbocycles. The first kappa shape index (κ1) is 30.6. The molecular formula is C29H34F2N6O5. The van der Waals surface area contributed by atoms with Crippen LogP contribution in [0.1, 0.15) is 53.2 Å². The van der Waals surface area contributed by atoms with Crippen molar-refractivity contribution in [1.82, 2.24) is 25.3 Å². The second kappa shape index (κ2) is 12.2. The third-order valence-electron chi connectivity index (χ3n) is 7.49. The van der Waals surface area contributed by atoms with Gasteiger partial charge >= 0.3 is 0 Å². The number of nitrogens with zero attached hydrogens (tertiary/aromatic N) is 3. The lowest BCUT2D eigenvalue weighted by molar-refractivity contribution is -0.127. The minimum Gasteiger partial charge on any atom is -0.494 e. The average molecular weight is 585 g/mol. The molecule has 2 atom stereocenters. The maximum absolute atomic E-state index is 14.6. The van der Waals surface area contributed by atoms with Crippen molar-refractivity contribution >= 4 is 23.4 Å². The van der Waals surface area contributed by atoms with Crippen molar-refractivity contribution in [2.45, 2.75) is 45.3 Å². The van der Waals surface area contributed by atoms with Gasteiger partial charge in [-0.1, -0.05) is 6.92 Å². The number of anilines is 1. The molecule has 11 nitrogen and oxygen atoms in total. The number of β-amino-alcohol motifs (C(OH)–C–C–N with tert-alkyl or cyclic N) is 1. The molecule has 0 unspecified atom stereocenters. The molecule has 1 fully saturated rings. The predicted molar refractivity (Wildman–Crippen MR) is 151 cm³/mol. The highest BCUT2D eigenvalue weighted by Crippen LogP contribution is 2.30. The van der Waals surface area contributed by atoms with Gasteiger partial charge in [0.1, 0.15) is 0 Å². The highest BCUT2D eigenvalue weighted by atomic mass is 19.2. The van der Waals surface area contributed by atoms with Gasteiger partial charge in [-0.15, -0.1) is 0 Å². The third kappa shape index (κ3) is 5.97. The number of imidazole rings is 1. The standard InChI is InChI=1S/C29H34F2N6O5/c1-6-29(41)13-20(33-15-29)26(38)35-37(7-2)28(40)18-9-8-17(12-16(18)3)34-27(39)25-32-14-21(36(25)4)19-10-11-22(42-5)24(31)23(19)30/h8-12,14,20,33,41H,6-7,13,15H2,1-5H3,(H,34,39)(H,35,38)/t20-,29-/m1/s1. The summed E-state index contributed by atoms with van der Waals surface area (Å²) >= 11 is 0. The van der Waals surface area contributed by atoms with Gasteiger partial charge in [0.2, 0.25) is 5.82 Å². The van der Waals surface area contributed by atoms with E-state index >= 15 is 0 Å². The van der Waals surface area contributed by atoms with E-state index < -0.39 is 41.0 Å². The molecule has 0 radical (unpaired) electrons. The quantitative estimate of drug-likeness (QED) is 0.299. The van der Waals surface area contributed by atoms with Crippen LogP contribution >= 0.6 is 0 Å². The first-order valence-corrected chi connectivity index (χ1v) is 13.5. The first-order chi connectivity index (χ1) is 19.9. The number of aromatic nitrogens is 2. The summed E-state index contributed by atoms with van der Waals surface area (Å²) in [6.45, 7) is 5.76. The molecule has 224 valence electrons. The van der Waals surface area contributed by atoms with Gasteiger partial charge in [0.05, 0.1) is 30.6 Å². The minimum absolute atomic E-state index is 0.0474. The van der Waals surface area contributed by atoms with Crippen LogP contribution in [0.2, 0.25) is 0 Å². The van der Waals surface area contributed by atoms with Crippen LogP contribution in [-0.4, -0.2) is 69.2 Å². The maximum atomic E-state index is 14.6. The van der Waals surface area contributed by atoms with E-state index in [-0.39, 0.29) is 35.8 Å². The van der Waals surface area contributed by atoms with Crippen molar-refractivity contribution in [1.29, 1.82) is 0 Å². The van der Waals surface area contributed by atoms with Crippen LogP contribution in [-0.2, 0) is 11.8 Å². The van der Waals surface area contributed by atoms with E-state index in [1.807, 2.05) is 6.92 Å². The number of amides is 3. The number of aliphatic hydroxyl groups is 1. The maximum Gasteiger partial charge on any atom is 0.291 e. The second-order valence-electron chi connectivity index (χ2n) is 10.2. The lowest BCUT2D eigenvalue weighted by Gasteiger charge is -2.25. The van der Waals surface area contributed by atoms with E-state index in [1.165, 1.54) is 54.2 Å². The average Bonchev–Trinajstić information content (AvgIpc) is 3.56. The highest BCUT2D eigenvalue weighted by molar-refractivity contribution is 6.03. The van der Waals surface area contributed by atoms with Gasteiger partial charge in [-0.2, -0.15) is 4.39 Å². The summed E-state index contributed by atoms with van der Waals surface area (Å²) in [5.74, 6) is -4.01. The Balaban J connectivity index is 1.45. The van der Waals surface area contributed by atoms with Gasteiger partial charge in [0.15, 0.2) is 17.4 Å². The number of hydrazine groups is 1. The Morgan fingerprint density at radius 1 is 1.21 bits per heavy atom. The minimum atomic E-state index is -1.15. The summed E-state index contributed by atoms with van der Waals surface area (Å²) in [6, 6.07) is 6.67. The molecule has 2 aromatic carbocycles. The summed E-state index contributed by atoms with van der Waals surface area (Å²) in [7, 11) is 2.73. The Morgan fingerprint density at radius 3 is 2.57 bits per heavy atom. The summed E-state index contributed by atoms with van der Waals surface area (Å²) in [4.78, 5) is 43.1. The fourth-order valence-corrected chi connectivity index (χ4v) is 4.85. The Kier molecular flexibility index (Phi) is 8.92. The number of methoxy groups -OCH3 is 1. The summed E-state index contributed by atoms with van der Waals surface area (Å²) in [6.07, 6.45) is 2.02. The normalized spacial score (nSPS) is 18.0. The molecule has 1 aromatic heterocycles. The van der Waals surface area contributed by atoms with E-state index in [0.717, 1.165) is 0 Å². The summed E-state index contributed by atoms with van der Waals surface area (Å²) < 4.78 is 35.0. The van der Waals surface area contributed by atoms with Gasteiger partial charge < -0.3 is 25.0 Å². The largest absolute Gasteiger partial charge is 0.494 e. The number of hydrogen-bond acceptors (Lipinski definition) is 7. The number of benzene rings is 2. The van der Waals surface area contributed by atoms with E-state index in [2.05, 4.69) is 21.0 Å². The number of rotatable bonds is 8. The number of halogens is 2. The molecule has 2 heterocycles. The Labute approximate surface area is 241 Å². The van der Waals surface area contributed by atoms with Gasteiger partial charge in [-0.05, 0) is 56.2 Å². The van der Waals surface area contributed by atoms with Crippen LogP contribution < -0.4 is 20.8 Å².